The Hall–Kier alpha value is -2.65. The predicted molar refractivity (Wildman–Crippen MR) is 94.9 cm³/mol. The highest BCUT2D eigenvalue weighted by Crippen LogP contribution is 2.29. The maximum Gasteiger partial charge on any atom is 0.435 e. The second-order valence-corrected chi connectivity index (χ2v) is 7.06. The standard InChI is InChI=1S/C18H22F3N5O2/c1-10(22-17(27)16-11(2)25-28-12(16)3)13-6-8-26(9-7-13)15-5-4-14(23-24-15)18(19,20)21/h4-5,10,13H,6-9H2,1-3H3,(H,22,27)/t10-/m1/s1. The van der Waals surface area contributed by atoms with E-state index in [1.165, 1.54) is 6.07 Å². The summed E-state index contributed by atoms with van der Waals surface area (Å²) < 4.78 is 42.8. The molecule has 3 heterocycles. The monoisotopic (exact) mass is 397 g/mol. The minimum atomic E-state index is -4.49. The molecule has 1 aliphatic rings. The van der Waals surface area contributed by atoms with Gasteiger partial charge in [0.1, 0.15) is 11.3 Å². The third-order valence-electron chi connectivity index (χ3n) is 5.13. The van der Waals surface area contributed by atoms with Crippen LogP contribution in [0.2, 0.25) is 0 Å². The lowest BCUT2D eigenvalue weighted by molar-refractivity contribution is -0.141. The van der Waals surface area contributed by atoms with E-state index in [0.29, 0.717) is 35.9 Å². The van der Waals surface area contributed by atoms with E-state index in [9.17, 15) is 18.0 Å². The van der Waals surface area contributed by atoms with Crippen LogP contribution in [0.4, 0.5) is 19.0 Å². The molecule has 0 radical (unpaired) electrons. The minimum Gasteiger partial charge on any atom is -0.361 e. The van der Waals surface area contributed by atoms with Crippen molar-refractivity contribution in [2.75, 3.05) is 18.0 Å². The van der Waals surface area contributed by atoms with Crippen LogP contribution >= 0.6 is 0 Å². The highest BCUT2D eigenvalue weighted by molar-refractivity contribution is 5.96. The van der Waals surface area contributed by atoms with Gasteiger partial charge in [-0.25, -0.2) is 0 Å². The summed E-state index contributed by atoms with van der Waals surface area (Å²) in [5.41, 5.74) is 0.0176. The number of anilines is 1. The van der Waals surface area contributed by atoms with Crippen molar-refractivity contribution in [3.63, 3.8) is 0 Å². The topological polar surface area (TPSA) is 84.2 Å². The summed E-state index contributed by atoms with van der Waals surface area (Å²) in [6, 6.07) is 2.24. The number of nitrogens with one attached hydrogen (secondary N) is 1. The molecule has 1 amide bonds. The Bertz CT molecular complexity index is 807. The number of amides is 1. The van der Waals surface area contributed by atoms with Crippen LogP contribution in [0.3, 0.4) is 0 Å². The smallest absolute Gasteiger partial charge is 0.361 e. The zero-order valence-corrected chi connectivity index (χ0v) is 15.9. The first kappa shape index (κ1) is 20.1. The molecule has 3 rings (SSSR count). The summed E-state index contributed by atoms with van der Waals surface area (Å²) in [7, 11) is 0. The van der Waals surface area contributed by atoms with Crippen molar-refractivity contribution in [2.24, 2.45) is 5.92 Å². The summed E-state index contributed by atoms with van der Waals surface area (Å²) in [6.07, 6.45) is -2.93. The molecule has 0 saturated carbocycles. The Balaban J connectivity index is 1.55. The molecule has 10 heteroatoms. The Morgan fingerprint density at radius 1 is 1.25 bits per heavy atom. The van der Waals surface area contributed by atoms with Crippen molar-refractivity contribution >= 4 is 11.7 Å². The van der Waals surface area contributed by atoms with Gasteiger partial charge in [0.05, 0.1) is 5.69 Å². The van der Waals surface area contributed by atoms with Gasteiger partial charge >= 0.3 is 6.18 Å². The largest absolute Gasteiger partial charge is 0.435 e. The fraction of sp³-hybridized carbons (Fsp3) is 0.556. The highest BCUT2D eigenvalue weighted by atomic mass is 19.4. The molecule has 0 aromatic carbocycles. The summed E-state index contributed by atoms with van der Waals surface area (Å²) in [6.45, 7) is 6.64. The van der Waals surface area contributed by atoms with Crippen molar-refractivity contribution in [3.8, 4) is 0 Å². The Morgan fingerprint density at radius 3 is 2.43 bits per heavy atom. The van der Waals surface area contributed by atoms with E-state index in [4.69, 9.17) is 4.52 Å². The fourth-order valence-corrected chi connectivity index (χ4v) is 3.48. The molecule has 1 aliphatic heterocycles. The minimum absolute atomic E-state index is 0.0537. The van der Waals surface area contributed by atoms with Crippen LogP contribution < -0.4 is 10.2 Å². The first-order valence-corrected chi connectivity index (χ1v) is 9.06. The van der Waals surface area contributed by atoms with Crippen molar-refractivity contribution in [1.82, 2.24) is 20.7 Å². The zero-order valence-electron chi connectivity index (χ0n) is 15.9. The van der Waals surface area contributed by atoms with Gasteiger partial charge in [-0.3, -0.25) is 4.79 Å². The normalized spacial score (nSPS) is 16.9. The number of alkyl halides is 3. The molecule has 0 unspecified atom stereocenters. The van der Waals surface area contributed by atoms with Crippen LogP contribution in [0.5, 0.6) is 0 Å². The molecule has 0 bridgehead atoms. The van der Waals surface area contributed by atoms with Gasteiger partial charge in [-0.05, 0) is 51.7 Å². The Morgan fingerprint density at radius 2 is 1.93 bits per heavy atom. The number of piperidine rings is 1. The van der Waals surface area contributed by atoms with Crippen LogP contribution in [0.15, 0.2) is 16.7 Å². The molecule has 2 aromatic rings. The maximum absolute atomic E-state index is 12.6. The molecule has 1 saturated heterocycles. The first-order chi connectivity index (χ1) is 13.2. The SMILES string of the molecule is Cc1noc(C)c1C(=O)N[C@H](C)C1CCN(c2ccc(C(F)(F)F)nn2)CC1. The van der Waals surface area contributed by atoms with Gasteiger partial charge < -0.3 is 14.7 Å². The van der Waals surface area contributed by atoms with E-state index in [2.05, 4.69) is 20.7 Å². The number of hydrogen-bond donors (Lipinski definition) is 1. The Kier molecular flexibility index (Phi) is 5.57. The molecule has 0 aliphatic carbocycles. The van der Waals surface area contributed by atoms with Crippen molar-refractivity contribution in [3.05, 3.63) is 34.8 Å². The summed E-state index contributed by atoms with van der Waals surface area (Å²) >= 11 is 0. The van der Waals surface area contributed by atoms with Gasteiger partial charge in [-0.1, -0.05) is 5.16 Å². The van der Waals surface area contributed by atoms with Gasteiger partial charge in [0.25, 0.3) is 5.91 Å². The lowest BCUT2D eigenvalue weighted by Crippen LogP contribution is -2.44. The molecule has 0 spiro atoms. The number of halogens is 3. The number of carbonyl (C=O) groups excluding carboxylic acids is 1. The summed E-state index contributed by atoms with van der Waals surface area (Å²) in [5.74, 6) is 0.958. The number of rotatable bonds is 4. The third kappa shape index (κ3) is 4.26. The molecule has 1 N–H and O–H groups in total. The summed E-state index contributed by atoms with van der Waals surface area (Å²) in [4.78, 5) is 14.4. The van der Waals surface area contributed by atoms with Crippen LogP contribution in [0, 0.1) is 19.8 Å². The first-order valence-electron chi connectivity index (χ1n) is 9.06. The van der Waals surface area contributed by atoms with E-state index >= 15 is 0 Å². The number of hydrogen-bond acceptors (Lipinski definition) is 6. The van der Waals surface area contributed by atoms with Crippen LogP contribution in [-0.4, -0.2) is 40.4 Å². The lowest BCUT2D eigenvalue weighted by atomic mass is 9.90. The van der Waals surface area contributed by atoms with E-state index < -0.39 is 11.9 Å². The molecular weight excluding hydrogens is 375 g/mol. The predicted octanol–water partition coefficient (Wildman–Crippen LogP) is 3.14. The van der Waals surface area contributed by atoms with Gasteiger partial charge in [0, 0.05) is 19.1 Å². The second kappa shape index (κ2) is 7.76. The Labute approximate surface area is 160 Å². The molecule has 28 heavy (non-hydrogen) atoms. The zero-order chi connectivity index (χ0) is 20.5. The molecular formula is C18H22F3N5O2. The number of aromatic nitrogens is 3. The maximum atomic E-state index is 12.6. The van der Waals surface area contributed by atoms with Gasteiger partial charge in [0.15, 0.2) is 11.5 Å². The lowest BCUT2D eigenvalue weighted by Gasteiger charge is -2.35. The molecule has 7 nitrogen and oxygen atoms in total. The van der Waals surface area contributed by atoms with E-state index in [1.54, 1.807) is 13.8 Å². The second-order valence-electron chi connectivity index (χ2n) is 7.06. The average Bonchev–Trinajstić information content (AvgIpc) is 2.99. The van der Waals surface area contributed by atoms with Crippen molar-refractivity contribution in [2.45, 2.75) is 45.8 Å². The molecule has 1 atom stereocenters. The van der Waals surface area contributed by atoms with Crippen molar-refractivity contribution < 1.29 is 22.5 Å². The molecule has 2 aromatic heterocycles. The van der Waals surface area contributed by atoms with Crippen LogP contribution in [0.1, 0.15) is 47.3 Å². The van der Waals surface area contributed by atoms with E-state index in [0.717, 1.165) is 18.9 Å². The average molecular weight is 397 g/mol. The van der Waals surface area contributed by atoms with Gasteiger partial charge in [0.2, 0.25) is 0 Å². The van der Waals surface area contributed by atoms with Gasteiger partial charge in [-0.15, -0.1) is 10.2 Å². The molecule has 1 fully saturated rings. The van der Waals surface area contributed by atoms with Crippen LogP contribution in [-0.2, 0) is 6.18 Å². The van der Waals surface area contributed by atoms with Crippen LogP contribution in [0.25, 0.3) is 0 Å². The van der Waals surface area contributed by atoms with Gasteiger partial charge in [-0.2, -0.15) is 13.2 Å². The van der Waals surface area contributed by atoms with E-state index in [1.807, 2.05) is 11.8 Å². The molecule has 152 valence electrons. The number of nitrogens with zero attached hydrogens (tertiary/aromatic N) is 4. The van der Waals surface area contributed by atoms with Crippen molar-refractivity contribution in [1.29, 1.82) is 0 Å². The van der Waals surface area contributed by atoms with E-state index in [-0.39, 0.29) is 17.9 Å². The quantitative estimate of drug-likeness (QED) is 0.853. The number of carbonyl (C=O) groups is 1. The number of aryl methyl sites for hydroxylation is 2. The fourth-order valence-electron chi connectivity index (χ4n) is 3.48. The third-order valence-corrected chi connectivity index (χ3v) is 5.13. The summed E-state index contributed by atoms with van der Waals surface area (Å²) in [5, 5.41) is 13.8. The highest BCUT2D eigenvalue weighted by Gasteiger charge is 2.33.